The first-order chi connectivity index (χ1) is 7.45. The Balaban J connectivity index is 3.02. The Morgan fingerprint density at radius 3 is 2.38 bits per heavy atom. The van der Waals surface area contributed by atoms with Crippen molar-refractivity contribution in [2.24, 2.45) is 0 Å². The van der Waals surface area contributed by atoms with Gasteiger partial charge in [-0.15, -0.1) is 0 Å². The van der Waals surface area contributed by atoms with Crippen LogP contribution in [0.4, 0.5) is 0 Å². The summed E-state index contributed by atoms with van der Waals surface area (Å²) in [7, 11) is 3.89. The predicted octanol–water partition coefficient (Wildman–Crippen LogP) is 3.15. The van der Waals surface area contributed by atoms with Gasteiger partial charge in [0.05, 0.1) is 7.11 Å². The van der Waals surface area contributed by atoms with Gasteiger partial charge in [0.25, 0.3) is 0 Å². The zero-order valence-corrected chi connectivity index (χ0v) is 11.3. The van der Waals surface area contributed by atoms with E-state index in [9.17, 15) is 0 Å². The first-order valence-corrected chi connectivity index (χ1v) is 5.80. The van der Waals surface area contributed by atoms with Crippen molar-refractivity contribution in [1.82, 2.24) is 4.90 Å². The number of rotatable bonds is 4. The Kier molecular flexibility index (Phi) is 4.36. The van der Waals surface area contributed by atoms with E-state index >= 15 is 0 Å². The van der Waals surface area contributed by atoms with Crippen molar-refractivity contribution < 1.29 is 4.74 Å². The van der Waals surface area contributed by atoms with E-state index in [2.05, 4.69) is 51.8 Å². The maximum Gasteiger partial charge on any atom is 0.126 e. The highest BCUT2D eigenvalue weighted by molar-refractivity contribution is 5.43. The zero-order chi connectivity index (χ0) is 12.3. The predicted molar refractivity (Wildman–Crippen MR) is 69.1 cm³/mol. The molecule has 1 aromatic rings. The molecular formula is C14H23NO. The van der Waals surface area contributed by atoms with Gasteiger partial charge < -0.3 is 4.74 Å². The number of methoxy groups -OCH3 is 1. The van der Waals surface area contributed by atoms with E-state index in [-0.39, 0.29) is 0 Å². The maximum absolute atomic E-state index is 5.49. The molecule has 0 fully saturated rings. The van der Waals surface area contributed by atoms with Crippen LogP contribution in [0.5, 0.6) is 5.75 Å². The molecule has 0 radical (unpaired) electrons. The van der Waals surface area contributed by atoms with Gasteiger partial charge in [0.1, 0.15) is 5.75 Å². The highest BCUT2D eigenvalue weighted by atomic mass is 16.5. The van der Waals surface area contributed by atoms with Crippen molar-refractivity contribution >= 4 is 0 Å². The lowest BCUT2D eigenvalue weighted by Gasteiger charge is -2.23. The van der Waals surface area contributed by atoms with Gasteiger partial charge in [-0.25, -0.2) is 0 Å². The minimum Gasteiger partial charge on any atom is -0.496 e. The van der Waals surface area contributed by atoms with Crippen LogP contribution in [-0.2, 0) is 6.54 Å². The maximum atomic E-state index is 5.49. The molecule has 0 amide bonds. The van der Waals surface area contributed by atoms with Crippen LogP contribution in [0.1, 0.15) is 30.5 Å². The number of hydrogen-bond donors (Lipinski definition) is 0. The molecule has 2 heteroatoms. The van der Waals surface area contributed by atoms with E-state index in [1.54, 1.807) is 7.11 Å². The molecule has 1 aromatic carbocycles. The Hall–Kier alpha value is -1.02. The monoisotopic (exact) mass is 221 g/mol. The highest BCUT2D eigenvalue weighted by Crippen LogP contribution is 2.26. The van der Waals surface area contributed by atoms with Gasteiger partial charge in [0.2, 0.25) is 0 Å². The Bertz CT molecular complexity index is 358. The molecule has 0 heterocycles. The van der Waals surface area contributed by atoms with Gasteiger partial charge >= 0.3 is 0 Å². The summed E-state index contributed by atoms with van der Waals surface area (Å²) in [5.41, 5.74) is 3.79. The van der Waals surface area contributed by atoms with Crippen molar-refractivity contribution in [1.29, 1.82) is 0 Å². The lowest BCUT2D eigenvalue weighted by atomic mass is 10.0. The molecule has 1 rings (SSSR count). The summed E-state index contributed by atoms with van der Waals surface area (Å²) in [6.07, 6.45) is 0. The van der Waals surface area contributed by atoms with Gasteiger partial charge in [-0.3, -0.25) is 4.90 Å². The molecule has 0 aliphatic carbocycles. The second-order valence-corrected chi connectivity index (χ2v) is 4.78. The first kappa shape index (κ1) is 13.0. The van der Waals surface area contributed by atoms with Crippen LogP contribution in [0.2, 0.25) is 0 Å². The van der Waals surface area contributed by atoms with Crippen molar-refractivity contribution in [2.45, 2.75) is 40.3 Å². The van der Waals surface area contributed by atoms with Crippen LogP contribution in [0.15, 0.2) is 12.1 Å². The average molecular weight is 221 g/mol. The second-order valence-electron chi connectivity index (χ2n) is 4.78. The SMILES string of the molecule is COc1c(C)cc(C)cc1CN(C)C(C)C. The molecule has 0 atom stereocenters. The molecule has 0 aliphatic heterocycles. The van der Waals surface area contributed by atoms with Crippen molar-refractivity contribution in [2.75, 3.05) is 14.2 Å². The summed E-state index contributed by atoms with van der Waals surface area (Å²) in [6.45, 7) is 9.57. The molecule has 0 aliphatic rings. The minimum atomic E-state index is 0.547. The van der Waals surface area contributed by atoms with Crippen molar-refractivity contribution in [3.8, 4) is 5.75 Å². The smallest absolute Gasteiger partial charge is 0.126 e. The van der Waals surface area contributed by atoms with Crippen LogP contribution in [-0.4, -0.2) is 25.1 Å². The summed E-state index contributed by atoms with van der Waals surface area (Å²) >= 11 is 0. The largest absolute Gasteiger partial charge is 0.496 e. The van der Waals surface area contributed by atoms with Crippen molar-refractivity contribution in [3.63, 3.8) is 0 Å². The summed E-state index contributed by atoms with van der Waals surface area (Å²) in [6, 6.07) is 4.92. The average Bonchev–Trinajstić information content (AvgIpc) is 2.16. The van der Waals surface area contributed by atoms with Crippen LogP contribution in [0, 0.1) is 13.8 Å². The van der Waals surface area contributed by atoms with Gasteiger partial charge in [-0.2, -0.15) is 0 Å². The number of benzene rings is 1. The van der Waals surface area contributed by atoms with Crippen LogP contribution < -0.4 is 4.74 Å². The fraction of sp³-hybridized carbons (Fsp3) is 0.571. The molecule has 0 unspecified atom stereocenters. The molecule has 0 saturated heterocycles. The Morgan fingerprint density at radius 1 is 1.25 bits per heavy atom. The van der Waals surface area contributed by atoms with Crippen LogP contribution in [0.25, 0.3) is 0 Å². The topological polar surface area (TPSA) is 12.5 Å². The summed E-state index contributed by atoms with van der Waals surface area (Å²) in [4.78, 5) is 2.32. The van der Waals surface area contributed by atoms with E-state index in [1.165, 1.54) is 16.7 Å². The summed E-state index contributed by atoms with van der Waals surface area (Å²) in [5, 5.41) is 0. The molecule has 0 N–H and O–H groups in total. The molecule has 0 bridgehead atoms. The summed E-state index contributed by atoms with van der Waals surface area (Å²) < 4.78 is 5.49. The minimum absolute atomic E-state index is 0.547. The lowest BCUT2D eigenvalue weighted by molar-refractivity contribution is 0.261. The van der Waals surface area contributed by atoms with Gasteiger partial charge in [0, 0.05) is 18.2 Å². The van der Waals surface area contributed by atoms with Gasteiger partial charge in [-0.1, -0.05) is 17.7 Å². The number of hydrogen-bond acceptors (Lipinski definition) is 2. The second kappa shape index (κ2) is 5.35. The van der Waals surface area contributed by atoms with E-state index < -0.39 is 0 Å². The molecule has 0 saturated carbocycles. The molecular weight excluding hydrogens is 198 g/mol. The molecule has 16 heavy (non-hydrogen) atoms. The quantitative estimate of drug-likeness (QED) is 0.774. The van der Waals surface area contributed by atoms with Gasteiger partial charge in [-0.05, 0) is 40.3 Å². The summed E-state index contributed by atoms with van der Waals surface area (Å²) in [5.74, 6) is 1.03. The molecule has 0 spiro atoms. The first-order valence-electron chi connectivity index (χ1n) is 5.80. The van der Waals surface area contributed by atoms with E-state index in [4.69, 9.17) is 4.74 Å². The highest BCUT2D eigenvalue weighted by Gasteiger charge is 2.11. The molecule has 90 valence electrons. The van der Waals surface area contributed by atoms with Crippen LogP contribution >= 0.6 is 0 Å². The van der Waals surface area contributed by atoms with Gasteiger partial charge in [0.15, 0.2) is 0 Å². The fourth-order valence-corrected chi connectivity index (χ4v) is 1.90. The number of aryl methyl sites for hydroxylation is 2. The normalized spacial score (nSPS) is 11.2. The van der Waals surface area contributed by atoms with Crippen molar-refractivity contribution in [3.05, 3.63) is 28.8 Å². The molecule has 0 aromatic heterocycles. The Labute approximate surface area is 99.2 Å². The lowest BCUT2D eigenvalue weighted by Crippen LogP contribution is -2.25. The van der Waals surface area contributed by atoms with E-state index in [0.717, 1.165) is 12.3 Å². The third-order valence-corrected chi connectivity index (χ3v) is 3.00. The number of ether oxygens (including phenoxy) is 1. The van der Waals surface area contributed by atoms with E-state index in [0.29, 0.717) is 6.04 Å². The van der Waals surface area contributed by atoms with E-state index in [1.807, 2.05) is 0 Å². The fourth-order valence-electron chi connectivity index (χ4n) is 1.90. The standard InChI is InChI=1S/C14H23NO/c1-10(2)15(5)9-13-8-11(3)7-12(4)14(13)16-6/h7-8,10H,9H2,1-6H3. The third-order valence-electron chi connectivity index (χ3n) is 3.00. The Morgan fingerprint density at radius 2 is 1.88 bits per heavy atom. The zero-order valence-electron chi connectivity index (χ0n) is 11.3. The van der Waals surface area contributed by atoms with Crippen LogP contribution in [0.3, 0.4) is 0 Å². The number of nitrogens with zero attached hydrogens (tertiary/aromatic N) is 1. The molecule has 2 nitrogen and oxygen atoms in total. The third kappa shape index (κ3) is 2.99.